The summed E-state index contributed by atoms with van der Waals surface area (Å²) in [5.74, 6) is 0.647. The number of aromatic nitrogens is 2. The lowest BCUT2D eigenvalue weighted by atomic mass is 10.2. The predicted molar refractivity (Wildman–Crippen MR) is 75.8 cm³/mol. The van der Waals surface area contributed by atoms with Gasteiger partial charge in [-0.15, -0.1) is 0 Å². The van der Waals surface area contributed by atoms with E-state index in [0.29, 0.717) is 12.2 Å². The number of benzene rings is 1. The molecule has 0 radical (unpaired) electrons. The van der Waals surface area contributed by atoms with Crippen molar-refractivity contribution in [1.82, 2.24) is 9.78 Å². The molecule has 1 aromatic carbocycles. The van der Waals surface area contributed by atoms with Crippen LogP contribution in [0.5, 0.6) is 0 Å². The quantitative estimate of drug-likeness (QED) is 0.912. The molecule has 2 rings (SSSR count). The van der Waals surface area contributed by atoms with Gasteiger partial charge in [0.25, 0.3) is 0 Å². The first kappa shape index (κ1) is 13.1. The number of aliphatic hydroxyl groups is 1. The molecular weight excluding hydrogens is 294 g/mol. The molecule has 0 saturated heterocycles. The van der Waals surface area contributed by atoms with E-state index in [1.807, 2.05) is 25.1 Å². The Labute approximate surface area is 115 Å². The molecule has 5 heteroatoms. The summed E-state index contributed by atoms with van der Waals surface area (Å²) in [5.41, 5.74) is 9.15. The molecule has 1 aromatic heterocycles. The number of aryl methyl sites for hydroxylation is 2. The summed E-state index contributed by atoms with van der Waals surface area (Å²) < 4.78 is 2.78. The van der Waals surface area contributed by atoms with Crippen molar-refractivity contribution in [3.63, 3.8) is 0 Å². The first-order valence-electron chi connectivity index (χ1n) is 5.83. The molecule has 0 saturated carbocycles. The van der Waals surface area contributed by atoms with E-state index in [4.69, 9.17) is 10.8 Å². The summed E-state index contributed by atoms with van der Waals surface area (Å²) >= 11 is 3.44. The Balaban J connectivity index is 2.36. The molecule has 0 bridgehead atoms. The van der Waals surface area contributed by atoms with Gasteiger partial charge in [-0.3, -0.25) is 0 Å². The highest BCUT2D eigenvalue weighted by molar-refractivity contribution is 9.10. The van der Waals surface area contributed by atoms with Gasteiger partial charge in [0.05, 0.1) is 11.9 Å². The van der Waals surface area contributed by atoms with Crippen LogP contribution < -0.4 is 5.73 Å². The van der Waals surface area contributed by atoms with E-state index < -0.39 is 0 Å². The number of halogens is 1. The van der Waals surface area contributed by atoms with Crippen molar-refractivity contribution >= 4 is 21.7 Å². The maximum atomic E-state index is 8.84. The molecule has 0 aliphatic carbocycles. The number of nitrogens with zero attached hydrogens (tertiary/aromatic N) is 2. The second kappa shape index (κ2) is 5.54. The Morgan fingerprint density at radius 2 is 2.22 bits per heavy atom. The van der Waals surface area contributed by atoms with Crippen molar-refractivity contribution < 1.29 is 5.11 Å². The Morgan fingerprint density at radius 1 is 1.44 bits per heavy atom. The highest BCUT2D eigenvalue weighted by Crippen LogP contribution is 2.23. The third-order valence-electron chi connectivity index (χ3n) is 2.88. The molecule has 18 heavy (non-hydrogen) atoms. The standard InChI is InChI=1S/C13H16BrN3O/c1-9-7-11(14)4-5-12(9)17-13(15)10(8-16-17)3-2-6-18/h4-5,7-8,18H,2-3,6,15H2,1H3. The molecule has 0 spiro atoms. The van der Waals surface area contributed by atoms with E-state index in [-0.39, 0.29) is 6.61 Å². The van der Waals surface area contributed by atoms with Gasteiger partial charge in [0.1, 0.15) is 5.82 Å². The van der Waals surface area contributed by atoms with E-state index in [9.17, 15) is 0 Å². The normalized spacial score (nSPS) is 10.8. The van der Waals surface area contributed by atoms with Crippen molar-refractivity contribution in [1.29, 1.82) is 0 Å². The number of rotatable bonds is 4. The fraction of sp³-hybridized carbons (Fsp3) is 0.308. The van der Waals surface area contributed by atoms with E-state index in [2.05, 4.69) is 21.0 Å². The molecule has 0 aliphatic rings. The average molecular weight is 310 g/mol. The molecule has 1 heterocycles. The van der Waals surface area contributed by atoms with Gasteiger partial charge in [0.15, 0.2) is 0 Å². The first-order valence-corrected chi connectivity index (χ1v) is 6.62. The largest absolute Gasteiger partial charge is 0.396 e. The lowest BCUT2D eigenvalue weighted by molar-refractivity contribution is 0.288. The Bertz CT molecular complexity index is 551. The molecule has 2 aromatic rings. The minimum absolute atomic E-state index is 0.169. The maximum absolute atomic E-state index is 8.84. The lowest BCUT2D eigenvalue weighted by Crippen LogP contribution is -2.05. The molecule has 0 fully saturated rings. The minimum Gasteiger partial charge on any atom is -0.396 e. The van der Waals surface area contributed by atoms with Crippen LogP contribution >= 0.6 is 15.9 Å². The fourth-order valence-electron chi connectivity index (χ4n) is 1.90. The first-order chi connectivity index (χ1) is 8.63. The van der Waals surface area contributed by atoms with Crippen LogP contribution in [0.1, 0.15) is 17.5 Å². The zero-order chi connectivity index (χ0) is 13.1. The monoisotopic (exact) mass is 309 g/mol. The molecule has 0 atom stereocenters. The van der Waals surface area contributed by atoms with Crippen molar-refractivity contribution in [2.45, 2.75) is 19.8 Å². The van der Waals surface area contributed by atoms with Crippen LogP contribution in [0.4, 0.5) is 5.82 Å². The smallest absolute Gasteiger partial charge is 0.130 e. The van der Waals surface area contributed by atoms with Crippen LogP contribution in [0.2, 0.25) is 0 Å². The van der Waals surface area contributed by atoms with Gasteiger partial charge in [-0.2, -0.15) is 5.10 Å². The number of aliphatic hydroxyl groups excluding tert-OH is 1. The van der Waals surface area contributed by atoms with E-state index in [1.165, 1.54) is 0 Å². The van der Waals surface area contributed by atoms with Crippen molar-refractivity contribution in [3.8, 4) is 5.69 Å². The zero-order valence-electron chi connectivity index (χ0n) is 10.2. The maximum Gasteiger partial charge on any atom is 0.130 e. The second-order valence-corrected chi connectivity index (χ2v) is 5.14. The van der Waals surface area contributed by atoms with E-state index in [1.54, 1.807) is 10.9 Å². The van der Waals surface area contributed by atoms with Gasteiger partial charge in [-0.05, 0) is 43.5 Å². The van der Waals surface area contributed by atoms with Gasteiger partial charge in [-0.1, -0.05) is 15.9 Å². The summed E-state index contributed by atoms with van der Waals surface area (Å²) in [7, 11) is 0. The van der Waals surface area contributed by atoms with Crippen molar-refractivity contribution in [2.75, 3.05) is 12.3 Å². The Kier molecular flexibility index (Phi) is 4.04. The Morgan fingerprint density at radius 3 is 2.89 bits per heavy atom. The number of hydrogen-bond acceptors (Lipinski definition) is 3. The third kappa shape index (κ3) is 2.57. The number of nitrogens with two attached hydrogens (primary N) is 1. The highest BCUT2D eigenvalue weighted by atomic mass is 79.9. The minimum atomic E-state index is 0.169. The lowest BCUT2D eigenvalue weighted by Gasteiger charge is -2.09. The van der Waals surface area contributed by atoms with Crippen LogP contribution in [0.15, 0.2) is 28.9 Å². The molecular formula is C13H16BrN3O. The van der Waals surface area contributed by atoms with Crippen LogP contribution in [-0.4, -0.2) is 21.5 Å². The van der Waals surface area contributed by atoms with E-state index >= 15 is 0 Å². The Hall–Kier alpha value is -1.33. The summed E-state index contributed by atoms with van der Waals surface area (Å²) in [6.45, 7) is 2.19. The summed E-state index contributed by atoms with van der Waals surface area (Å²) in [6.07, 6.45) is 3.22. The van der Waals surface area contributed by atoms with Crippen LogP contribution in [0, 0.1) is 6.92 Å². The molecule has 96 valence electrons. The van der Waals surface area contributed by atoms with Gasteiger partial charge >= 0.3 is 0 Å². The summed E-state index contributed by atoms with van der Waals surface area (Å²) in [5, 5.41) is 13.2. The summed E-state index contributed by atoms with van der Waals surface area (Å²) in [4.78, 5) is 0. The topological polar surface area (TPSA) is 64.1 Å². The number of nitrogen functional groups attached to an aromatic ring is 1. The second-order valence-electron chi connectivity index (χ2n) is 4.22. The van der Waals surface area contributed by atoms with Crippen molar-refractivity contribution in [2.24, 2.45) is 0 Å². The van der Waals surface area contributed by atoms with Gasteiger partial charge in [0.2, 0.25) is 0 Å². The van der Waals surface area contributed by atoms with E-state index in [0.717, 1.165) is 27.7 Å². The summed E-state index contributed by atoms with van der Waals surface area (Å²) in [6, 6.07) is 5.99. The highest BCUT2D eigenvalue weighted by Gasteiger charge is 2.10. The number of anilines is 1. The zero-order valence-corrected chi connectivity index (χ0v) is 11.8. The molecule has 0 unspecified atom stereocenters. The molecule has 4 nitrogen and oxygen atoms in total. The SMILES string of the molecule is Cc1cc(Br)ccc1-n1ncc(CCCO)c1N. The van der Waals surface area contributed by atoms with Crippen LogP contribution in [0.25, 0.3) is 5.69 Å². The van der Waals surface area contributed by atoms with Crippen LogP contribution in [0.3, 0.4) is 0 Å². The molecule has 0 aliphatic heterocycles. The van der Waals surface area contributed by atoms with Gasteiger partial charge in [-0.25, -0.2) is 4.68 Å². The average Bonchev–Trinajstić information content (AvgIpc) is 2.68. The van der Waals surface area contributed by atoms with Gasteiger partial charge < -0.3 is 10.8 Å². The fourth-order valence-corrected chi connectivity index (χ4v) is 2.38. The predicted octanol–water partition coefficient (Wildman–Crippen LogP) is 2.45. The molecule has 0 amide bonds. The molecule has 3 N–H and O–H groups in total. The number of hydrogen-bond donors (Lipinski definition) is 2. The van der Waals surface area contributed by atoms with Crippen LogP contribution in [-0.2, 0) is 6.42 Å². The van der Waals surface area contributed by atoms with Gasteiger partial charge in [0, 0.05) is 16.6 Å². The third-order valence-corrected chi connectivity index (χ3v) is 3.37. The van der Waals surface area contributed by atoms with Crippen molar-refractivity contribution in [3.05, 3.63) is 40.0 Å².